The van der Waals surface area contributed by atoms with Gasteiger partial charge in [-0.25, -0.2) is 9.97 Å². The Bertz CT molecular complexity index is 813. The zero-order valence-corrected chi connectivity index (χ0v) is 16.0. The van der Waals surface area contributed by atoms with Crippen LogP contribution in [0.1, 0.15) is 53.7 Å². The molecule has 0 aromatic carbocycles. The van der Waals surface area contributed by atoms with Crippen molar-refractivity contribution in [2.24, 2.45) is 0 Å². The van der Waals surface area contributed by atoms with E-state index in [2.05, 4.69) is 16.0 Å². The summed E-state index contributed by atoms with van der Waals surface area (Å²) in [5, 5.41) is 0. The third kappa shape index (κ3) is 3.77. The molecule has 1 unspecified atom stereocenters. The Balaban J connectivity index is 1.51. The van der Waals surface area contributed by atoms with Gasteiger partial charge in [-0.1, -0.05) is 0 Å². The van der Waals surface area contributed by atoms with E-state index < -0.39 is 0 Å². The first-order valence-electron chi connectivity index (χ1n) is 9.67. The molecule has 2 fully saturated rings. The van der Waals surface area contributed by atoms with E-state index in [1.54, 1.807) is 12.1 Å². The Morgan fingerprint density at radius 3 is 2.74 bits per heavy atom. The lowest BCUT2D eigenvalue weighted by Crippen LogP contribution is -2.39. The lowest BCUT2D eigenvalue weighted by Gasteiger charge is -2.32. The number of anilines is 1. The third-order valence-corrected chi connectivity index (χ3v) is 5.39. The minimum Gasteiger partial charge on any atom is -0.468 e. The molecule has 4 heterocycles. The number of likely N-dealkylation sites (tertiary alicyclic amines) is 1. The van der Waals surface area contributed by atoms with Crippen LogP contribution in [0.2, 0.25) is 0 Å². The summed E-state index contributed by atoms with van der Waals surface area (Å²) in [6.07, 6.45) is 4.42. The number of piperidine rings is 1. The number of furan rings is 1. The van der Waals surface area contributed by atoms with Crippen molar-refractivity contribution in [1.82, 2.24) is 14.9 Å². The predicted octanol–water partition coefficient (Wildman–Crippen LogP) is 3.01. The highest BCUT2D eigenvalue weighted by Gasteiger charge is 2.29. The first kappa shape index (κ1) is 17.8. The number of carbonyl (C=O) groups is 1. The second kappa shape index (κ2) is 7.58. The van der Waals surface area contributed by atoms with E-state index in [0.717, 1.165) is 49.8 Å². The molecule has 0 spiro atoms. The largest absolute Gasteiger partial charge is 0.468 e. The van der Waals surface area contributed by atoms with Gasteiger partial charge in [-0.15, -0.1) is 0 Å². The molecular formula is C20H26N4O3. The van der Waals surface area contributed by atoms with E-state index >= 15 is 0 Å². The molecule has 2 aliphatic heterocycles. The maximum atomic E-state index is 12.8. The highest BCUT2D eigenvalue weighted by atomic mass is 16.6. The Morgan fingerprint density at radius 2 is 2.00 bits per heavy atom. The van der Waals surface area contributed by atoms with Crippen LogP contribution in [0, 0.1) is 6.92 Å². The molecule has 1 amide bonds. The number of carbonyl (C=O) groups excluding carboxylic acids is 1. The van der Waals surface area contributed by atoms with Crippen LogP contribution in [0.5, 0.6) is 5.95 Å². The summed E-state index contributed by atoms with van der Waals surface area (Å²) in [6, 6.07) is 5.46. The number of amides is 1. The van der Waals surface area contributed by atoms with Crippen LogP contribution in [0.25, 0.3) is 0 Å². The van der Waals surface area contributed by atoms with E-state index in [9.17, 15) is 4.79 Å². The van der Waals surface area contributed by atoms with Crippen molar-refractivity contribution in [3.63, 3.8) is 0 Å². The number of aromatic nitrogens is 2. The highest BCUT2D eigenvalue weighted by molar-refractivity contribution is 5.91. The molecule has 2 aromatic rings. The maximum Gasteiger partial charge on any atom is 0.289 e. The zero-order chi connectivity index (χ0) is 18.8. The number of rotatable bonds is 4. The maximum absolute atomic E-state index is 12.8. The SMILES string of the molecule is COc1ccc(C(=O)N2CCCC(c3cc(N4CCCC4)nc(C)n3)C2)o1. The van der Waals surface area contributed by atoms with Gasteiger partial charge in [0.25, 0.3) is 11.9 Å². The molecule has 2 aromatic heterocycles. The van der Waals surface area contributed by atoms with E-state index in [1.165, 1.54) is 20.0 Å². The average molecular weight is 370 g/mol. The molecule has 0 radical (unpaired) electrons. The van der Waals surface area contributed by atoms with Gasteiger partial charge >= 0.3 is 0 Å². The van der Waals surface area contributed by atoms with Crippen LogP contribution in [-0.4, -0.2) is 54.1 Å². The van der Waals surface area contributed by atoms with Crippen LogP contribution in [0.15, 0.2) is 22.6 Å². The first-order valence-corrected chi connectivity index (χ1v) is 9.67. The van der Waals surface area contributed by atoms with Gasteiger partial charge in [-0.3, -0.25) is 4.79 Å². The standard InChI is InChI=1S/C20H26N4O3/c1-14-21-16(12-18(22-14)23-9-3-4-10-23)15-6-5-11-24(13-15)20(25)17-7-8-19(26-2)27-17/h7-8,12,15H,3-6,9-11,13H2,1-2H3. The van der Waals surface area contributed by atoms with Gasteiger partial charge in [-0.05, 0) is 38.7 Å². The second-order valence-corrected chi connectivity index (χ2v) is 7.31. The number of ether oxygens (including phenoxy) is 1. The van der Waals surface area contributed by atoms with Crippen LogP contribution >= 0.6 is 0 Å². The first-order chi connectivity index (χ1) is 13.1. The van der Waals surface area contributed by atoms with Crippen molar-refractivity contribution in [1.29, 1.82) is 0 Å². The molecule has 27 heavy (non-hydrogen) atoms. The number of methoxy groups -OCH3 is 1. The smallest absolute Gasteiger partial charge is 0.289 e. The van der Waals surface area contributed by atoms with Gasteiger partial charge in [0.1, 0.15) is 11.6 Å². The Labute approximate surface area is 159 Å². The topological polar surface area (TPSA) is 71.7 Å². The van der Waals surface area contributed by atoms with Gasteiger partial charge in [-0.2, -0.15) is 0 Å². The normalized spacial score (nSPS) is 20.1. The number of aryl methyl sites for hydroxylation is 1. The average Bonchev–Trinajstić information content (AvgIpc) is 3.39. The van der Waals surface area contributed by atoms with Crippen LogP contribution in [-0.2, 0) is 0 Å². The molecule has 7 heteroatoms. The van der Waals surface area contributed by atoms with Gasteiger partial charge in [0.2, 0.25) is 0 Å². The van der Waals surface area contributed by atoms with Crippen molar-refractivity contribution in [2.45, 2.75) is 38.5 Å². The van der Waals surface area contributed by atoms with Crippen molar-refractivity contribution in [3.8, 4) is 5.95 Å². The number of nitrogens with zero attached hydrogens (tertiary/aromatic N) is 4. The van der Waals surface area contributed by atoms with Gasteiger partial charge < -0.3 is 19.0 Å². The summed E-state index contributed by atoms with van der Waals surface area (Å²) in [6.45, 7) is 5.46. The van der Waals surface area contributed by atoms with E-state index in [-0.39, 0.29) is 11.8 Å². The van der Waals surface area contributed by atoms with Gasteiger partial charge in [0, 0.05) is 44.2 Å². The summed E-state index contributed by atoms with van der Waals surface area (Å²) in [7, 11) is 1.53. The molecule has 0 saturated carbocycles. The van der Waals surface area contributed by atoms with E-state index in [0.29, 0.717) is 18.3 Å². The summed E-state index contributed by atoms with van der Waals surface area (Å²) in [5.41, 5.74) is 1.04. The molecule has 1 atom stereocenters. The minimum absolute atomic E-state index is 0.0893. The van der Waals surface area contributed by atoms with Gasteiger partial charge in [0.05, 0.1) is 12.8 Å². The second-order valence-electron chi connectivity index (χ2n) is 7.31. The minimum atomic E-state index is -0.0893. The molecule has 7 nitrogen and oxygen atoms in total. The van der Waals surface area contributed by atoms with Gasteiger partial charge in [0.15, 0.2) is 5.76 Å². The molecular weight excluding hydrogens is 344 g/mol. The molecule has 144 valence electrons. The molecule has 0 aliphatic carbocycles. The molecule has 2 aliphatic rings. The van der Waals surface area contributed by atoms with Crippen molar-refractivity contribution in [3.05, 3.63) is 35.5 Å². The van der Waals surface area contributed by atoms with Crippen LogP contribution in [0.3, 0.4) is 0 Å². The van der Waals surface area contributed by atoms with Crippen LogP contribution in [0.4, 0.5) is 5.82 Å². The third-order valence-electron chi connectivity index (χ3n) is 5.39. The van der Waals surface area contributed by atoms with Crippen molar-refractivity contribution >= 4 is 11.7 Å². The molecule has 2 saturated heterocycles. The number of hydrogen-bond donors (Lipinski definition) is 0. The summed E-state index contributed by atoms with van der Waals surface area (Å²) in [4.78, 5) is 26.3. The quantitative estimate of drug-likeness (QED) is 0.824. The van der Waals surface area contributed by atoms with E-state index in [4.69, 9.17) is 14.1 Å². The van der Waals surface area contributed by atoms with Crippen molar-refractivity contribution < 1.29 is 13.9 Å². The molecule has 0 bridgehead atoms. The molecule has 0 N–H and O–H groups in total. The fourth-order valence-electron chi connectivity index (χ4n) is 4.00. The predicted molar refractivity (Wildman–Crippen MR) is 101 cm³/mol. The number of hydrogen-bond acceptors (Lipinski definition) is 6. The summed E-state index contributed by atoms with van der Waals surface area (Å²) < 4.78 is 10.5. The monoisotopic (exact) mass is 370 g/mol. The highest BCUT2D eigenvalue weighted by Crippen LogP contribution is 2.30. The Morgan fingerprint density at radius 1 is 1.19 bits per heavy atom. The lowest BCUT2D eigenvalue weighted by molar-refractivity contribution is 0.0667. The fraction of sp³-hybridized carbons (Fsp3) is 0.550. The fourth-order valence-corrected chi connectivity index (χ4v) is 4.00. The summed E-state index contributed by atoms with van der Waals surface area (Å²) in [5.74, 6) is 2.64. The van der Waals surface area contributed by atoms with Crippen LogP contribution < -0.4 is 9.64 Å². The van der Waals surface area contributed by atoms with E-state index in [1.807, 2.05) is 11.8 Å². The Hall–Kier alpha value is -2.57. The zero-order valence-electron chi connectivity index (χ0n) is 16.0. The van der Waals surface area contributed by atoms with Crippen molar-refractivity contribution in [2.75, 3.05) is 38.2 Å². The summed E-state index contributed by atoms with van der Waals surface area (Å²) >= 11 is 0. The molecule has 4 rings (SSSR count). The lowest BCUT2D eigenvalue weighted by atomic mass is 9.94. The Kier molecular flexibility index (Phi) is 5.01.